The summed E-state index contributed by atoms with van der Waals surface area (Å²) in [5, 5.41) is 5.84. The van der Waals surface area contributed by atoms with E-state index in [1.165, 1.54) is 12.1 Å². The number of rotatable bonds is 8. The van der Waals surface area contributed by atoms with E-state index in [0.29, 0.717) is 29.9 Å². The molecular weight excluding hydrogens is 357 g/mol. The largest absolute Gasteiger partial charge is 0.349 e. The highest BCUT2D eigenvalue weighted by Gasteiger charge is 2.30. The quantitative estimate of drug-likeness (QED) is 0.737. The summed E-state index contributed by atoms with van der Waals surface area (Å²) < 4.78 is 13.1. The Balaban J connectivity index is 1.35. The molecule has 2 fully saturated rings. The SMILES string of the molecule is O=C(CN(Cc1ccc(F)cc1)C1CC1)Nc1cccc(C(=O)NC2CC2)c1. The minimum atomic E-state index is -0.259. The monoisotopic (exact) mass is 381 g/mol. The summed E-state index contributed by atoms with van der Waals surface area (Å²) in [6.45, 7) is 0.878. The molecule has 0 aromatic heterocycles. The first-order valence-electron chi connectivity index (χ1n) is 9.76. The van der Waals surface area contributed by atoms with Crippen molar-refractivity contribution in [2.75, 3.05) is 11.9 Å². The highest BCUT2D eigenvalue weighted by Crippen LogP contribution is 2.28. The number of carbonyl (C=O) groups is 2. The van der Waals surface area contributed by atoms with Gasteiger partial charge in [0, 0.05) is 29.9 Å². The zero-order chi connectivity index (χ0) is 19.5. The number of nitrogens with zero attached hydrogens (tertiary/aromatic N) is 1. The number of amides is 2. The number of nitrogens with one attached hydrogen (secondary N) is 2. The number of carbonyl (C=O) groups excluding carboxylic acids is 2. The molecule has 28 heavy (non-hydrogen) atoms. The van der Waals surface area contributed by atoms with Gasteiger partial charge < -0.3 is 10.6 Å². The maximum Gasteiger partial charge on any atom is 0.251 e. The summed E-state index contributed by atoms with van der Waals surface area (Å²) in [6, 6.07) is 14.1. The third-order valence-corrected chi connectivity index (χ3v) is 5.03. The van der Waals surface area contributed by atoms with Crippen LogP contribution in [0, 0.1) is 5.82 Å². The Morgan fingerprint density at radius 3 is 2.46 bits per heavy atom. The van der Waals surface area contributed by atoms with E-state index < -0.39 is 0 Å². The molecule has 0 atom stereocenters. The lowest BCUT2D eigenvalue weighted by Gasteiger charge is -2.21. The van der Waals surface area contributed by atoms with E-state index in [1.54, 1.807) is 36.4 Å². The Morgan fingerprint density at radius 1 is 1.04 bits per heavy atom. The molecule has 4 rings (SSSR count). The normalized spacial score (nSPS) is 16.1. The molecule has 6 heteroatoms. The van der Waals surface area contributed by atoms with Gasteiger partial charge in [0.25, 0.3) is 5.91 Å². The lowest BCUT2D eigenvalue weighted by molar-refractivity contribution is -0.117. The van der Waals surface area contributed by atoms with Gasteiger partial charge in [-0.15, -0.1) is 0 Å². The Labute approximate surface area is 163 Å². The van der Waals surface area contributed by atoms with Crippen molar-refractivity contribution < 1.29 is 14.0 Å². The Bertz CT molecular complexity index is 860. The van der Waals surface area contributed by atoms with Gasteiger partial charge in [0.15, 0.2) is 0 Å². The van der Waals surface area contributed by atoms with Crippen molar-refractivity contribution >= 4 is 17.5 Å². The number of hydrogen-bond acceptors (Lipinski definition) is 3. The molecule has 0 aliphatic heterocycles. The second kappa shape index (κ2) is 8.10. The van der Waals surface area contributed by atoms with Crippen LogP contribution in [0.2, 0.25) is 0 Å². The van der Waals surface area contributed by atoms with E-state index in [-0.39, 0.29) is 24.2 Å². The first-order chi connectivity index (χ1) is 13.6. The first kappa shape index (κ1) is 18.6. The molecule has 2 aliphatic carbocycles. The van der Waals surface area contributed by atoms with Gasteiger partial charge in [-0.25, -0.2) is 4.39 Å². The van der Waals surface area contributed by atoms with Crippen LogP contribution in [-0.4, -0.2) is 35.3 Å². The van der Waals surface area contributed by atoms with Crippen LogP contribution in [0.3, 0.4) is 0 Å². The molecule has 5 nitrogen and oxygen atoms in total. The molecule has 0 heterocycles. The average Bonchev–Trinajstić information content (AvgIpc) is 3.57. The molecule has 2 saturated carbocycles. The van der Waals surface area contributed by atoms with Crippen LogP contribution in [0.5, 0.6) is 0 Å². The number of hydrogen-bond donors (Lipinski definition) is 2. The molecular formula is C22H24FN3O2. The average molecular weight is 381 g/mol. The van der Waals surface area contributed by atoms with E-state index >= 15 is 0 Å². The zero-order valence-corrected chi connectivity index (χ0v) is 15.7. The van der Waals surface area contributed by atoms with Gasteiger partial charge in [-0.3, -0.25) is 14.5 Å². The van der Waals surface area contributed by atoms with Crippen LogP contribution in [0.1, 0.15) is 41.6 Å². The third-order valence-electron chi connectivity index (χ3n) is 5.03. The number of halogens is 1. The van der Waals surface area contributed by atoms with E-state index in [0.717, 1.165) is 31.2 Å². The van der Waals surface area contributed by atoms with Crippen molar-refractivity contribution in [3.05, 3.63) is 65.5 Å². The minimum absolute atomic E-state index is 0.102. The zero-order valence-electron chi connectivity index (χ0n) is 15.7. The predicted octanol–water partition coefficient (Wildman–Crippen LogP) is 3.32. The highest BCUT2D eigenvalue weighted by molar-refractivity contribution is 5.97. The van der Waals surface area contributed by atoms with Crippen LogP contribution < -0.4 is 10.6 Å². The third kappa shape index (κ3) is 5.16. The van der Waals surface area contributed by atoms with Gasteiger partial charge in [0.2, 0.25) is 5.91 Å². The highest BCUT2D eigenvalue weighted by atomic mass is 19.1. The summed E-state index contributed by atoms with van der Waals surface area (Å²) in [6.07, 6.45) is 4.22. The lowest BCUT2D eigenvalue weighted by atomic mass is 10.2. The van der Waals surface area contributed by atoms with Crippen molar-refractivity contribution in [1.82, 2.24) is 10.2 Å². The maximum atomic E-state index is 13.1. The smallest absolute Gasteiger partial charge is 0.251 e. The van der Waals surface area contributed by atoms with Crippen molar-refractivity contribution in [2.45, 2.75) is 44.3 Å². The van der Waals surface area contributed by atoms with Gasteiger partial charge in [-0.1, -0.05) is 18.2 Å². The van der Waals surface area contributed by atoms with Crippen molar-refractivity contribution in [1.29, 1.82) is 0 Å². The molecule has 146 valence electrons. The summed E-state index contributed by atoms with van der Waals surface area (Å²) in [5.74, 6) is -0.478. The molecule has 0 bridgehead atoms. The topological polar surface area (TPSA) is 61.4 Å². The predicted molar refractivity (Wildman–Crippen MR) is 105 cm³/mol. The molecule has 2 aromatic rings. The summed E-state index contributed by atoms with van der Waals surface area (Å²) >= 11 is 0. The van der Waals surface area contributed by atoms with E-state index in [1.807, 2.05) is 0 Å². The summed E-state index contributed by atoms with van der Waals surface area (Å²) in [7, 11) is 0. The summed E-state index contributed by atoms with van der Waals surface area (Å²) in [5.41, 5.74) is 2.15. The van der Waals surface area contributed by atoms with Gasteiger partial charge in [-0.2, -0.15) is 0 Å². The molecule has 2 aliphatic rings. The van der Waals surface area contributed by atoms with Crippen LogP contribution in [0.4, 0.5) is 10.1 Å². The minimum Gasteiger partial charge on any atom is -0.349 e. The van der Waals surface area contributed by atoms with Crippen LogP contribution >= 0.6 is 0 Å². The molecule has 2 N–H and O–H groups in total. The lowest BCUT2D eigenvalue weighted by Crippen LogP contribution is -2.34. The van der Waals surface area contributed by atoms with Gasteiger partial charge in [-0.05, 0) is 61.6 Å². The Morgan fingerprint density at radius 2 is 1.79 bits per heavy atom. The Kier molecular flexibility index (Phi) is 5.39. The summed E-state index contributed by atoms with van der Waals surface area (Å²) in [4.78, 5) is 26.8. The standard InChI is InChI=1S/C22H24FN3O2/c23-17-6-4-15(5-7-17)13-26(20-10-11-20)14-21(27)24-19-3-1-2-16(12-19)22(28)25-18-8-9-18/h1-7,12,18,20H,8-11,13-14H2,(H,24,27)(H,25,28). The molecule has 0 spiro atoms. The van der Waals surface area contributed by atoms with Crippen molar-refractivity contribution in [3.8, 4) is 0 Å². The van der Waals surface area contributed by atoms with Gasteiger partial charge >= 0.3 is 0 Å². The number of benzene rings is 2. The van der Waals surface area contributed by atoms with Crippen LogP contribution in [-0.2, 0) is 11.3 Å². The number of anilines is 1. The Hall–Kier alpha value is -2.73. The first-order valence-corrected chi connectivity index (χ1v) is 9.76. The van der Waals surface area contributed by atoms with Crippen molar-refractivity contribution in [3.63, 3.8) is 0 Å². The van der Waals surface area contributed by atoms with Crippen molar-refractivity contribution in [2.24, 2.45) is 0 Å². The molecule has 2 amide bonds. The van der Waals surface area contributed by atoms with Gasteiger partial charge in [0.05, 0.1) is 6.54 Å². The molecule has 0 unspecified atom stereocenters. The van der Waals surface area contributed by atoms with E-state index in [4.69, 9.17) is 0 Å². The fourth-order valence-electron chi connectivity index (χ4n) is 3.20. The maximum absolute atomic E-state index is 13.1. The van der Waals surface area contributed by atoms with Crippen LogP contribution in [0.15, 0.2) is 48.5 Å². The second-order valence-corrected chi connectivity index (χ2v) is 7.64. The fraction of sp³-hybridized carbons (Fsp3) is 0.364. The molecule has 0 saturated heterocycles. The van der Waals surface area contributed by atoms with E-state index in [2.05, 4.69) is 15.5 Å². The van der Waals surface area contributed by atoms with Crippen LogP contribution in [0.25, 0.3) is 0 Å². The second-order valence-electron chi connectivity index (χ2n) is 7.64. The fourth-order valence-corrected chi connectivity index (χ4v) is 3.20. The molecule has 2 aromatic carbocycles. The van der Waals surface area contributed by atoms with Gasteiger partial charge in [0.1, 0.15) is 5.82 Å². The molecule has 0 radical (unpaired) electrons. The van der Waals surface area contributed by atoms with E-state index in [9.17, 15) is 14.0 Å².